The molecule has 2 N–H and O–H groups in total. The highest BCUT2D eigenvalue weighted by Gasteiger charge is 2.32. The molecule has 0 bridgehead atoms. The number of hydrogen-bond donors (Lipinski definition) is 2. The molecule has 1 aliphatic rings. The van der Waals surface area contributed by atoms with Crippen LogP contribution in [0.3, 0.4) is 0 Å². The Kier molecular flexibility index (Phi) is 3.12. The van der Waals surface area contributed by atoms with E-state index in [1.807, 2.05) is 6.92 Å². The Morgan fingerprint density at radius 3 is 2.40 bits per heavy atom. The summed E-state index contributed by atoms with van der Waals surface area (Å²) >= 11 is 0. The van der Waals surface area contributed by atoms with E-state index in [9.17, 15) is 4.79 Å². The molecule has 0 aromatic heterocycles. The van der Waals surface area contributed by atoms with Gasteiger partial charge in [0.1, 0.15) is 0 Å². The first-order chi connectivity index (χ1) is 4.12. The lowest BCUT2D eigenvalue weighted by Gasteiger charge is -2.38. The van der Waals surface area contributed by atoms with Crippen molar-refractivity contribution in [3.05, 3.63) is 0 Å². The van der Waals surface area contributed by atoms with Gasteiger partial charge in [0.05, 0.1) is 6.42 Å². The summed E-state index contributed by atoms with van der Waals surface area (Å²) in [7, 11) is 0. The molecular weight excluding hydrogens is 154 g/mol. The minimum atomic E-state index is -0.718. The van der Waals surface area contributed by atoms with Crippen LogP contribution in [-0.4, -0.2) is 23.2 Å². The molecule has 1 saturated heterocycles. The van der Waals surface area contributed by atoms with Gasteiger partial charge in [0.2, 0.25) is 0 Å². The van der Waals surface area contributed by atoms with Crippen LogP contribution in [0.4, 0.5) is 0 Å². The Hall–Kier alpha value is -0.280. The topological polar surface area (TPSA) is 49.3 Å². The number of nitrogens with one attached hydrogen (secondary N) is 1. The van der Waals surface area contributed by atoms with E-state index >= 15 is 0 Å². The predicted octanol–water partition coefficient (Wildman–Crippen LogP) is 0.635. The third kappa shape index (κ3) is 2.15. The monoisotopic (exact) mass is 165 g/mol. The van der Waals surface area contributed by atoms with Crippen LogP contribution < -0.4 is 5.32 Å². The standard InChI is InChI=1S/C6H11NO2.ClH/c1-6(2-3-7-6)4-5(8)9;/h7H,2-4H2,1H3,(H,8,9);1H. The maximum atomic E-state index is 10.2. The van der Waals surface area contributed by atoms with E-state index in [4.69, 9.17) is 5.11 Å². The number of carboxylic acids is 1. The first kappa shape index (κ1) is 9.72. The highest BCUT2D eigenvalue weighted by atomic mass is 35.5. The van der Waals surface area contributed by atoms with Gasteiger partial charge in [-0.15, -0.1) is 12.4 Å². The van der Waals surface area contributed by atoms with Crippen LogP contribution in [-0.2, 0) is 4.79 Å². The number of halogens is 1. The molecule has 60 valence electrons. The quantitative estimate of drug-likeness (QED) is 0.631. The van der Waals surface area contributed by atoms with Crippen molar-refractivity contribution in [2.45, 2.75) is 25.3 Å². The van der Waals surface area contributed by atoms with Gasteiger partial charge in [0.25, 0.3) is 0 Å². The first-order valence-corrected chi connectivity index (χ1v) is 3.09. The van der Waals surface area contributed by atoms with E-state index in [-0.39, 0.29) is 24.4 Å². The van der Waals surface area contributed by atoms with E-state index in [0.29, 0.717) is 0 Å². The Balaban J connectivity index is 0.000000810. The van der Waals surface area contributed by atoms with Gasteiger partial charge in [-0.25, -0.2) is 0 Å². The molecule has 1 unspecified atom stereocenters. The smallest absolute Gasteiger partial charge is 0.305 e. The van der Waals surface area contributed by atoms with Crippen LogP contribution in [0.25, 0.3) is 0 Å². The zero-order valence-corrected chi connectivity index (χ0v) is 6.70. The molecule has 4 heteroatoms. The molecule has 0 aromatic carbocycles. The zero-order valence-electron chi connectivity index (χ0n) is 5.89. The van der Waals surface area contributed by atoms with E-state index in [1.165, 1.54) is 0 Å². The third-order valence-electron chi connectivity index (χ3n) is 1.77. The van der Waals surface area contributed by atoms with E-state index in [2.05, 4.69) is 5.32 Å². The summed E-state index contributed by atoms with van der Waals surface area (Å²) in [6, 6.07) is 0. The van der Waals surface area contributed by atoms with Crippen LogP contribution in [0, 0.1) is 0 Å². The molecule has 10 heavy (non-hydrogen) atoms. The summed E-state index contributed by atoms with van der Waals surface area (Å²) in [5.41, 5.74) is -0.105. The van der Waals surface area contributed by atoms with Gasteiger partial charge >= 0.3 is 5.97 Å². The first-order valence-electron chi connectivity index (χ1n) is 3.09. The lowest BCUT2D eigenvalue weighted by Crippen LogP contribution is -2.55. The second-order valence-electron chi connectivity index (χ2n) is 2.81. The van der Waals surface area contributed by atoms with Crippen molar-refractivity contribution in [1.82, 2.24) is 5.32 Å². The number of carbonyl (C=O) groups is 1. The molecule has 0 amide bonds. The summed E-state index contributed by atoms with van der Waals surface area (Å²) in [5, 5.41) is 11.4. The molecule has 1 heterocycles. The Morgan fingerprint density at radius 2 is 2.30 bits per heavy atom. The van der Waals surface area contributed by atoms with Gasteiger partial charge in [0, 0.05) is 5.54 Å². The molecular formula is C6H12ClNO2. The van der Waals surface area contributed by atoms with Crippen LogP contribution in [0.5, 0.6) is 0 Å². The highest BCUT2D eigenvalue weighted by Crippen LogP contribution is 2.21. The van der Waals surface area contributed by atoms with Crippen LogP contribution in [0.1, 0.15) is 19.8 Å². The Labute approximate surface area is 66.2 Å². The second-order valence-corrected chi connectivity index (χ2v) is 2.81. The molecule has 1 aliphatic heterocycles. The molecule has 0 radical (unpaired) electrons. The van der Waals surface area contributed by atoms with Gasteiger partial charge in [-0.1, -0.05) is 0 Å². The summed E-state index contributed by atoms with van der Waals surface area (Å²) in [5.74, 6) is -0.718. The summed E-state index contributed by atoms with van der Waals surface area (Å²) in [6.07, 6.45) is 1.23. The van der Waals surface area contributed by atoms with E-state index in [0.717, 1.165) is 13.0 Å². The number of aliphatic carboxylic acids is 1. The number of rotatable bonds is 2. The largest absolute Gasteiger partial charge is 0.481 e. The summed E-state index contributed by atoms with van der Waals surface area (Å²) in [4.78, 5) is 10.2. The number of hydrogen-bond acceptors (Lipinski definition) is 2. The molecule has 3 nitrogen and oxygen atoms in total. The molecule has 1 atom stereocenters. The van der Waals surface area contributed by atoms with Crippen molar-refractivity contribution < 1.29 is 9.90 Å². The van der Waals surface area contributed by atoms with Gasteiger partial charge in [-0.05, 0) is 19.9 Å². The van der Waals surface area contributed by atoms with Crippen molar-refractivity contribution in [2.24, 2.45) is 0 Å². The van der Waals surface area contributed by atoms with Crippen molar-refractivity contribution >= 4 is 18.4 Å². The van der Waals surface area contributed by atoms with Gasteiger partial charge in [-0.2, -0.15) is 0 Å². The maximum Gasteiger partial charge on any atom is 0.305 e. The number of carboxylic acid groups (broad SMARTS) is 1. The maximum absolute atomic E-state index is 10.2. The van der Waals surface area contributed by atoms with Crippen LogP contribution in [0.2, 0.25) is 0 Å². The lowest BCUT2D eigenvalue weighted by molar-refractivity contribution is -0.139. The third-order valence-corrected chi connectivity index (χ3v) is 1.77. The Bertz CT molecular complexity index is 134. The average molecular weight is 166 g/mol. The van der Waals surface area contributed by atoms with E-state index in [1.54, 1.807) is 0 Å². The Morgan fingerprint density at radius 1 is 1.80 bits per heavy atom. The normalized spacial score (nSPS) is 30.1. The predicted molar refractivity (Wildman–Crippen MR) is 40.5 cm³/mol. The van der Waals surface area contributed by atoms with Crippen molar-refractivity contribution in [3.63, 3.8) is 0 Å². The van der Waals surface area contributed by atoms with Gasteiger partial charge in [0.15, 0.2) is 0 Å². The fraction of sp³-hybridized carbons (Fsp3) is 0.833. The molecule has 1 fully saturated rings. The second kappa shape index (κ2) is 3.21. The van der Waals surface area contributed by atoms with Crippen LogP contribution >= 0.6 is 12.4 Å². The summed E-state index contributed by atoms with van der Waals surface area (Å²) < 4.78 is 0. The lowest BCUT2D eigenvalue weighted by atomic mass is 9.87. The van der Waals surface area contributed by atoms with Gasteiger partial charge < -0.3 is 10.4 Å². The molecule has 0 aliphatic carbocycles. The molecule has 1 rings (SSSR count). The summed E-state index contributed by atoms with van der Waals surface area (Å²) in [6.45, 7) is 2.90. The SMILES string of the molecule is CC1(CC(=O)O)CCN1.Cl. The molecule has 0 saturated carbocycles. The van der Waals surface area contributed by atoms with Crippen LogP contribution in [0.15, 0.2) is 0 Å². The fourth-order valence-electron chi connectivity index (χ4n) is 1.04. The zero-order chi connectivity index (χ0) is 6.91. The molecule has 0 aromatic rings. The average Bonchev–Trinajstić information content (AvgIpc) is 1.60. The highest BCUT2D eigenvalue weighted by molar-refractivity contribution is 5.85. The molecule has 0 spiro atoms. The van der Waals surface area contributed by atoms with E-state index < -0.39 is 5.97 Å². The van der Waals surface area contributed by atoms with Crippen molar-refractivity contribution in [1.29, 1.82) is 0 Å². The van der Waals surface area contributed by atoms with Crippen molar-refractivity contribution in [3.8, 4) is 0 Å². The fourth-order valence-corrected chi connectivity index (χ4v) is 1.04. The minimum Gasteiger partial charge on any atom is -0.481 e. The van der Waals surface area contributed by atoms with Crippen molar-refractivity contribution in [2.75, 3.05) is 6.54 Å². The van der Waals surface area contributed by atoms with Gasteiger partial charge in [-0.3, -0.25) is 4.79 Å². The minimum absolute atomic E-state index is 0.